The molecule has 4 aromatic rings. The van der Waals surface area contributed by atoms with E-state index in [1.807, 2.05) is 42.5 Å². The van der Waals surface area contributed by atoms with Crippen LogP contribution in [-0.2, 0) is 6.54 Å². The van der Waals surface area contributed by atoms with Gasteiger partial charge in [-0.2, -0.15) is 0 Å². The number of amides is 1. The lowest BCUT2D eigenvalue weighted by molar-refractivity contribution is 0.102. The third-order valence-electron chi connectivity index (χ3n) is 4.65. The number of hydrogen-bond acceptors (Lipinski definition) is 3. The lowest BCUT2D eigenvalue weighted by Crippen LogP contribution is -2.17. The van der Waals surface area contributed by atoms with E-state index in [9.17, 15) is 4.79 Å². The molecule has 5 heteroatoms. The highest BCUT2D eigenvalue weighted by Crippen LogP contribution is 2.21. The monoisotopic (exact) mass is 358 g/mol. The number of benzene rings is 2. The maximum absolute atomic E-state index is 12.6. The van der Waals surface area contributed by atoms with Crippen LogP contribution in [0.3, 0.4) is 0 Å². The molecule has 0 saturated carbocycles. The van der Waals surface area contributed by atoms with Gasteiger partial charge in [0.1, 0.15) is 5.69 Å². The minimum absolute atomic E-state index is 0.202. The molecule has 0 unspecified atom stereocenters. The van der Waals surface area contributed by atoms with Crippen LogP contribution in [0.2, 0.25) is 0 Å². The Morgan fingerprint density at radius 3 is 2.74 bits per heavy atom. The Balaban J connectivity index is 1.54. The van der Waals surface area contributed by atoms with E-state index in [1.165, 1.54) is 5.52 Å². The number of hydrogen-bond donors (Lipinski definition) is 1. The molecule has 0 atom stereocenters. The van der Waals surface area contributed by atoms with Crippen molar-refractivity contribution in [1.29, 1.82) is 0 Å². The Morgan fingerprint density at radius 2 is 1.89 bits per heavy atom. The highest BCUT2D eigenvalue weighted by molar-refractivity contribution is 6.04. The maximum atomic E-state index is 12.6. The molecule has 136 valence electrons. The average molecular weight is 358 g/mol. The largest absolute Gasteiger partial charge is 0.346 e. The van der Waals surface area contributed by atoms with Gasteiger partial charge in [-0.05, 0) is 50.5 Å². The molecule has 27 heavy (non-hydrogen) atoms. The minimum atomic E-state index is -0.202. The van der Waals surface area contributed by atoms with Gasteiger partial charge in [-0.1, -0.05) is 24.3 Å². The zero-order valence-electron chi connectivity index (χ0n) is 15.5. The molecule has 4 rings (SSSR count). The standard InChI is InChI=1S/C22H22N4O/c1-25(2)13-14-26-12-11-17-15-18(8-10-21(17)26)23-22(27)20-9-7-16-5-3-4-6-19(16)24-20/h3-12,15H,13-14H2,1-2H3,(H,23,27). The summed E-state index contributed by atoms with van der Waals surface area (Å²) in [6, 6.07) is 19.5. The number of nitrogens with one attached hydrogen (secondary N) is 1. The fourth-order valence-corrected chi connectivity index (χ4v) is 3.17. The second-order valence-corrected chi connectivity index (χ2v) is 6.93. The number of likely N-dealkylation sites (N-methyl/N-ethyl adjacent to an activating group) is 1. The van der Waals surface area contributed by atoms with Crippen LogP contribution >= 0.6 is 0 Å². The average Bonchev–Trinajstić information content (AvgIpc) is 3.08. The van der Waals surface area contributed by atoms with Gasteiger partial charge in [-0.25, -0.2) is 4.98 Å². The number of carbonyl (C=O) groups is 1. The molecule has 0 fully saturated rings. The number of carbonyl (C=O) groups excluding carboxylic acids is 1. The van der Waals surface area contributed by atoms with E-state index in [0.717, 1.165) is 35.1 Å². The molecular formula is C22H22N4O. The van der Waals surface area contributed by atoms with Gasteiger partial charge in [0.15, 0.2) is 0 Å². The topological polar surface area (TPSA) is 50.2 Å². The number of fused-ring (bicyclic) bond motifs is 2. The lowest BCUT2D eigenvalue weighted by Gasteiger charge is -2.11. The molecule has 2 aromatic carbocycles. The molecule has 0 spiro atoms. The van der Waals surface area contributed by atoms with Crippen LogP contribution in [0.5, 0.6) is 0 Å². The third-order valence-corrected chi connectivity index (χ3v) is 4.65. The summed E-state index contributed by atoms with van der Waals surface area (Å²) < 4.78 is 2.23. The van der Waals surface area contributed by atoms with Crippen molar-refractivity contribution in [2.24, 2.45) is 0 Å². The molecule has 1 N–H and O–H groups in total. The summed E-state index contributed by atoms with van der Waals surface area (Å²) in [4.78, 5) is 19.2. The van der Waals surface area contributed by atoms with Gasteiger partial charge >= 0.3 is 0 Å². The molecule has 0 bridgehead atoms. The van der Waals surface area contributed by atoms with Gasteiger partial charge in [-0.3, -0.25) is 4.79 Å². The first kappa shape index (κ1) is 17.2. The van der Waals surface area contributed by atoms with Crippen molar-refractivity contribution >= 4 is 33.4 Å². The number of nitrogens with zero attached hydrogens (tertiary/aromatic N) is 3. The zero-order chi connectivity index (χ0) is 18.8. The fourth-order valence-electron chi connectivity index (χ4n) is 3.17. The summed E-state index contributed by atoms with van der Waals surface area (Å²) in [5.41, 5.74) is 3.17. The van der Waals surface area contributed by atoms with Crippen LogP contribution in [0.25, 0.3) is 21.8 Å². The second-order valence-electron chi connectivity index (χ2n) is 6.93. The first-order valence-corrected chi connectivity index (χ1v) is 9.01. The molecule has 0 aliphatic heterocycles. The summed E-state index contributed by atoms with van der Waals surface area (Å²) in [7, 11) is 4.14. The number of anilines is 1. The van der Waals surface area contributed by atoms with Crippen LogP contribution in [0.4, 0.5) is 5.69 Å². The summed E-state index contributed by atoms with van der Waals surface area (Å²) in [5, 5.41) is 5.09. The molecule has 2 heterocycles. The fraction of sp³-hybridized carbons (Fsp3) is 0.182. The van der Waals surface area contributed by atoms with E-state index in [4.69, 9.17) is 0 Å². The number of para-hydroxylation sites is 1. The van der Waals surface area contributed by atoms with E-state index in [2.05, 4.69) is 52.2 Å². The molecule has 0 radical (unpaired) electrons. The summed E-state index contributed by atoms with van der Waals surface area (Å²) in [5.74, 6) is -0.202. The van der Waals surface area contributed by atoms with Gasteiger partial charge in [-0.15, -0.1) is 0 Å². The molecule has 0 aliphatic carbocycles. The van der Waals surface area contributed by atoms with E-state index in [0.29, 0.717) is 5.69 Å². The molecule has 5 nitrogen and oxygen atoms in total. The molecule has 0 aliphatic rings. The smallest absolute Gasteiger partial charge is 0.274 e. The Hall–Kier alpha value is -3.18. The van der Waals surface area contributed by atoms with E-state index >= 15 is 0 Å². The number of pyridine rings is 1. The van der Waals surface area contributed by atoms with Gasteiger partial charge in [0.2, 0.25) is 0 Å². The first-order chi connectivity index (χ1) is 13.1. The van der Waals surface area contributed by atoms with Crippen LogP contribution < -0.4 is 5.32 Å². The van der Waals surface area contributed by atoms with Crippen molar-refractivity contribution in [1.82, 2.24) is 14.5 Å². The van der Waals surface area contributed by atoms with E-state index < -0.39 is 0 Å². The van der Waals surface area contributed by atoms with E-state index in [-0.39, 0.29) is 5.91 Å². The minimum Gasteiger partial charge on any atom is -0.346 e. The van der Waals surface area contributed by atoms with Crippen LogP contribution in [0, 0.1) is 0 Å². The van der Waals surface area contributed by atoms with Gasteiger partial charge in [0.25, 0.3) is 5.91 Å². The van der Waals surface area contributed by atoms with Crippen LogP contribution in [0.15, 0.2) is 66.9 Å². The summed E-state index contributed by atoms with van der Waals surface area (Å²) >= 11 is 0. The van der Waals surface area contributed by atoms with Crippen molar-refractivity contribution in [2.45, 2.75) is 6.54 Å². The normalized spacial score (nSPS) is 11.4. The first-order valence-electron chi connectivity index (χ1n) is 9.01. The SMILES string of the molecule is CN(C)CCn1ccc2cc(NC(=O)c3ccc4ccccc4n3)ccc21. The zero-order valence-corrected chi connectivity index (χ0v) is 15.5. The van der Waals surface area contributed by atoms with Crippen molar-refractivity contribution in [2.75, 3.05) is 26.0 Å². The molecule has 2 aromatic heterocycles. The predicted octanol–water partition coefficient (Wildman–Crippen LogP) is 4.00. The number of aromatic nitrogens is 2. The highest BCUT2D eigenvalue weighted by atomic mass is 16.1. The highest BCUT2D eigenvalue weighted by Gasteiger charge is 2.10. The maximum Gasteiger partial charge on any atom is 0.274 e. The third kappa shape index (κ3) is 3.68. The quantitative estimate of drug-likeness (QED) is 0.587. The Kier molecular flexibility index (Phi) is 4.60. The van der Waals surface area contributed by atoms with Crippen LogP contribution in [-0.4, -0.2) is 41.0 Å². The van der Waals surface area contributed by atoms with Crippen LogP contribution in [0.1, 0.15) is 10.5 Å². The molecule has 0 saturated heterocycles. The number of rotatable bonds is 5. The predicted molar refractivity (Wildman–Crippen MR) is 110 cm³/mol. The van der Waals surface area contributed by atoms with Gasteiger partial charge in [0, 0.05) is 41.3 Å². The second kappa shape index (κ2) is 7.21. The van der Waals surface area contributed by atoms with Crippen molar-refractivity contribution in [3.63, 3.8) is 0 Å². The van der Waals surface area contributed by atoms with Crippen molar-refractivity contribution in [3.05, 3.63) is 72.6 Å². The Labute approximate surface area is 158 Å². The lowest BCUT2D eigenvalue weighted by atomic mass is 10.2. The summed E-state index contributed by atoms with van der Waals surface area (Å²) in [6.45, 7) is 1.92. The van der Waals surface area contributed by atoms with E-state index in [1.54, 1.807) is 6.07 Å². The van der Waals surface area contributed by atoms with Crippen molar-refractivity contribution < 1.29 is 4.79 Å². The van der Waals surface area contributed by atoms with Crippen molar-refractivity contribution in [3.8, 4) is 0 Å². The summed E-state index contributed by atoms with van der Waals surface area (Å²) in [6.07, 6.45) is 2.09. The Morgan fingerprint density at radius 1 is 1.04 bits per heavy atom. The van der Waals surface area contributed by atoms with Gasteiger partial charge in [0.05, 0.1) is 5.52 Å². The molecule has 1 amide bonds. The Bertz CT molecular complexity index is 1110. The van der Waals surface area contributed by atoms with Gasteiger partial charge < -0.3 is 14.8 Å². The molecular weight excluding hydrogens is 336 g/mol.